The first-order valence-electron chi connectivity index (χ1n) is 7.18. The molecule has 7 heteroatoms. The van der Waals surface area contributed by atoms with Gasteiger partial charge in [-0.1, -0.05) is 11.6 Å². The van der Waals surface area contributed by atoms with E-state index in [4.69, 9.17) is 11.6 Å². The van der Waals surface area contributed by atoms with Gasteiger partial charge >= 0.3 is 5.97 Å². The van der Waals surface area contributed by atoms with Crippen molar-refractivity contribution in [3.05, 3.63) is 45.6 Å². The fourth-order valence-electron chi connectivity index (χ4n) is 2.93. The molecule has 0 saturated carbocycles. The molecule has 0 fully saturated rings. The van der Waals surface area contributed by atoms with Crippen molar-refractivity contribution in [3.63, 3.8) is 0 Å². The molecule has 1 aliphatic carbocycles. The predicted molar refractivity (Wildman–Crippen MR) is 91.1 cm³/mol. The summed E-state index contributed by atoms with van der Waals surface area (Å²) >= 11 is 7.63. The van der Waals surface area contributed by atoms with Crippen molar-refractivity contribution in [2.75, 3.05) is 5.32 Å². The van der Waals surface area contributed by atoms with E-state index < -0.39 is 5.97 Å². The fourth-order valence-corrected chi connectivity index (χ4v) is 4.35. The number of aromatic carboxylic acids is 1. The second-order valence-corrected chi connectivity index (χ2v) is 6.88. The Morgan fingerprint density at radius 3 is 3.00 bits per heavy atom. The molecule has 0 unspecified atom stereocenters. The topological polar surface area (TPSA) is 75.1 Å². The van der Waals surface area contributed by atoms with Crippen molar-refractivity contribution >= 4 is 50.6 Å². The molecule has 0 bridgehead atoms. The number of fused-ring (bicyclic) bond motifs is 3. The number of aromatic nitrogens is 2. The molecule has 0 atom stereocenters. The zero-order valence-corrected chi connectivity index (χ0v) is 13.5. The molecule has 23 heavy (non-hydrogen) atoms. The van der Waals surface area contributed by atoms with Gasteiger partial charge in [0.1, 0.15) is 17.0 Å². The van der Waals surface area contributed by atoms with Crippen LogP contribution in [0.2, 0.25) is 5.02 Å². The van der Waals surface area contributed by atoms with Crippen molar-refractivity contribution in [3.8, 4) is 0 Å². The van der Waals surface area contributed by atoms with Crippen LogP contribution in [-0.2, 0) is 12.8 Å². The lowest BCUT2D eigenvalue weighted by Crippen LogP contribution is -2.01. The summed E-state index contributed by atoms with van der Waals surface area (Å²) in [5, 5.41) is 13.7. The van der Waals surface area contributed by atoms with Gasteiger partial charge in [0, 0.05) is 10.6 Å². The monoisotopic (exact) mass is 345 g/mol. The Morgan fingerprint density at radius 2 is 2.17 bits per heavy atom. The van der Waals surface area contributed by atoms with E-state index in [1.54, 1.807) is 23.5 Å². The minimum absolute atomic E-state index is 0.0671. The number of nitrogens with zero attached hydrogens (tertiary/aromatic N) is 2. The summed E-state index contributed by atoms with van der Waals surface area (Å²) in [7, 11) is 0. The average molecular weight is 346 g/mol. The lowest BCUT2D eigenvalue weighted by Gasteiger charge is -2.09. The third kappa shape index (κ3) is 2.44. The van der Waals surface area contributed by atoms with Gasteiger partial charge in [-0.25, -0.2) is 14.8 Å². The van der Waals surface area contributed by atoms with E-state index >= 15 is 0 Å². The number of nitrogens with one attached hydrogen (secondary N) is 1. The Hall–Kier alpha value is -2.18. The van der Waals surface area contributed by atoms with E-state index in [0.29, 0.717) is 11.5 Å². The van der Waals surface area contributed by atoms with Crippen LogP contribution in [0.5, 0.6) is 0 Å². The Bertz CT molecular complexity index is 938. The molecule has 0 spiro atoms. The van der Waals surface area contributed by atoms with E-state index in [1.807, 2.05) is 0 Å². The maximum Gasteiger partial charge on any atom is 0.337 e. The molecular formula is C16H12ClN3O2S. The highest BCUT2D eigenvalue weighted by Gasteiger charge is 2.21. The highest BCUT2D eigenvalue weighted by molar-refractivity contribution is 7.19. The van der Waals surface area contributed by atoms with Gasteiger partial charge in [-0.2, -0.15) is 0 Å². The number of carboxylic acid groups (broad SMARTS) is 1. The number of carboxylic acids is 1. The molecule has 2 aromatic heterocycles. The SMILES string of the molecule is O=C(O)c1cc(Nc2ncnc3sc4c(c23)CCC4)ccc1Cl. The largest absolute Gasteiger partial charge is 0.478 e. The minimum atomic E-state index is -1.05. The lowest BCUT2D eigenvalue weighted by atomic mass is 10.1. The number of hydrogen-bond acceptors (Lipinski definition) is 5. The molecule has 2 N–H and O–H groups in total. The number of hydrogen-bond donors (Lipinski definition) is 2. The Labute approximate surface area is 141 Å². The van der Waals surface area contributed by atoms with Crippen LogP contribution < -0.4 is 5.32 Å². The number of benzene rings is 1. The van der Waals surface area contributed by atoms with Crippen LogP contribution in [0.15, 0.2) is 24.5 Å². The highest BCUT2D eigenvalue weighted by atomic mass is 35.5. The predicted octanol–water partition coefficient (Wildman–Crippen LogP) is 4.28. The van der Waals surface area contributed by atoms with Gasteiger partial charge in [0.25, 0.3) is 0 Å². The number of aryl methyl sites for hydroxylation is 2. The summed E-state index contributed by atoms with van der Waals surface area (Å²) in [6, 6.07) is 4.84. The van der Waals surface area contributed by atoms with Gasteiger partial charge < -0.3 is 10.4 Å². The summed E-state index contributed by atoms with van der Waals surface area (Å²) in [6.45, 7) is 0. The van der Waals surface area contributed by atoms with Crippen molar-refractivity contribution in [2.45, 2.75) is 19.3 Å². The molecule has 0 amide bonds. The maximum absolute atomic E-state index is 11.2. The molecule has 0 aliphatic heterocycles. The minimum Gasteiger partial charge on any atom is -0.478 e. The van der Waals surface area contributed by atoms with Crippen LogP contribution >= 0.6 is 22.9 Å². The highest BCUT2D eigenvalue weighted by Crippen LogP contribution is 2.39. The fraction of sp³-hybridized carbons (Fsp3) is 0.188. The molecule has 1 aliphatic rings. The molecular weight excluding hydrogens is 334 g/mol. The Balaban J connectivity index is 1.79. The van der Waals surface area contributed by atoms with Crippen molar-refractivity contribution in [1.82, 2.24) is 9.97 Å². The quantitative estimate of drug-likeness (QED) is 0.741. The molecule has 4 rings (SSSR count). The first-order valence-corrected chi connectivity index (χ1v) is 8.38. The zero-order chi connectivity index (χ0) is 16.0. The number of thiophene rings is 1. The Kier molecular flexibility index (Phi) is 3.43. The van der Waals surface area contributed by atoms with Crippen LogP contribution in [0.1, 0.15) is 27.2 Å². The van der Waals surface area contributed by atoms with E-state index in [2.05, 4.69) is 15.3 Å². The van der Waals surface area contributed by atoms with E-state index in [0.717, 1.165) is 29.5 Å². The molecule has 116 valence electrons. The number of halogens is 1. The second kappa shape index (κ2) is 5.47. The van der Waals surface area contributed by atoms with Crippen LogP contribution in [0.25, 0.3) is 10.2 Å². The maximum atomic E-state index is 11.2. The second-order valence-electron chi connectivity index (χ2n) is 5.38. The third-order valence-corrected chi connectivity index (χ3v) is 5.49. The van der Waals surface area contributed by atoms with Crippen LogP contribution in [0.3, 0.4) is 0 Å². The summed E-state index contributed by atoms with van der Waals surface area (Å²) in [5.74, 6) is -0.337. The molecule has 3 aromatic rings. The smallest absolute Gasteiger partial charge is 0.337 e. The van der Waals surface area contributed by atoms with Crippen LogP contribution in [-0.4, -0.2) is 21.0 Å². The molecule has 1 aromatic carbocycles. The van der Waals surface area contributed by atoms with Crippen molar-refractivity contribution in [2.24, 2.45) is 0 Å². The molecule has 0 saturated heterocycles. The van der Waals surface area contributed by atoms with Gasteiger partial charge in [-0.15, -0.1) is 11.3 Å². The van der Waals surface area contributed by atoms with Gasteiger partial charge in [0.2, 0.25) is 0 Å². The van der Waals surface area contributed by atoms with Crippen LogP contribution in [0.4, 0.5) is 11.5 Å². The molecule has 2 heterocycles. The van der Waals surface area contributed by atoms with E-state index in [-0.39, 0.29) is 10.6 Å². The third-order valence-electron chi connectivity index (χ3n) is 3.96. The van der Waals surface area contributed by atoms with Gasteiger partial charge in [-0.3, -0.25) is 0 Å². The van der Waals surface area contributed by atoms with Gasteiger partial charge in [-0.05, 0) is 43.0 Å². The first kappa shape index (κ1) is 14.4. The van der Waals surface area contributed by atoms with Gasteiger partial charge in [0.05, 0.1) is 16.0 Å². The summed E-state index contributed by atoms with van der Waals surface area (Å²) in [4.78, 5) is 22.3. The summed E-state index contributed by atoms with van der Waals surface area (Å²) in [5.41, 5.74) is 2.03. The normalized spacial score (nSPS) is 13.3. The Morgan fingerprint density at radius 1 is 1.30 bits per heavy atom. The summed E-state index contributed by atoms with van der Waals surface area (Å²) < 4.78 is 0. The van der Waals surface area contributed by atoms with Crippen LogP contribution in [0, 0.1) is 0 Å². The summed E-state index contributed by atoms with van der Waals surface area (Å²) in [6.07, 6.45) is 4.83. The van der Waals surface area contributed by atoms with Gasteiger partial charge in [0.15, 0.2) is 0 Å². The molecule has 5 nitrogen and oxygen atoms in total. The standard InChI is InChI=1S/C16H12ClN3O2S/c17-11-5-4-8(6-10(11)16(21)22)20-14-13-9-2-1-3-12(9)23-15(13)19-7-18-14/h4-7H,1-3H2,(H,21,22)(H,18,19,20). The number of rotatable bonds is 3. The zero-order valence-electron chi connectivity index (χ0n) is 12.0. The van der Waals surface area contributed by atoms with E-state index in [1.165, 1.54) is 22.8 Å². The number of carbonyl (C=O) groups is 1. The van der Waals surface area contributed by atoms with Crippen molar-refractivity contribution in [1.29, 1.82) is 0 Å². The molecule has 0 radical (unpaired) electrons. The van der Waals surface area contributed by atoms with E-state index in [9.17, 15) is 9.90 Å². The number of anilines is 2. The first-order chi connectivity index (χ1) is 11.1. The average Bonchev–Trinajstić information content (AvgIpc) is 3.09. The lowest BCUT2D eigenvalue weighted by molar-refractivity contribution is 0.0697. The van der Waals surface area contributed by atoms with Crippen molar-refractivity contribution < 1.29 is 9.90 Å².